The van der Waals surface area contributed by atoms with Crippen LogP contribution < -0.4 is 5.73 Å². The fourth-order valence-electron chi connectivity index (χ4n) is 0.886. The zero-order valence-corrected chi connectivity index (χ0v) is 8.05. The first-order valence-corrected chi connectivity index (χ1v) is 4.22. The van der Waals surface area contributed by atoms with E-state index in [-0.39, 0.29) is 22.5 Å². The molecule has 0 aliphatic carbocycles. The molecule has 0 bridgehead atoms. The molecule has 1 aromatic rings. The summed E-state index contributed by atoms with van der Waals surface area (Å²) >= 11 is 2.84. The molecule has 0 atom stereocenters. The summed E-state index contributed by atoms with van der Waals surface area (Å²) in [5.41, 5.74) is 4.96. The predicted octanol–water partition coefficient (Wildman–Crippen LogP) is 1.95. The molecule has 6 heteroatoms. The van der Waals surface area contributed by atoms with Crippen molar-refractivity contribution in [1.82, 2.24) is 4.98 Å². The molecule has 0 aliphatic rings. The monoisotopic (exact) mass is 252 g/mol. The van der Waals surface area contributed by atoms with Crippen LogP contribution in [0.1, 0.15) is 17.7 Å². The normalized spacial score (nSPS) is 10.8. The number of hydrogen-bond donors (Lipinski definition) is 2. The molecule has 0 saturated carbocycles. The van der Waals surface area contributed by atoms with E-state index in [1.165, 1.54) is 6.07 Å². The Labute approximate surface area is 81.7 Å². The highest BCUT2D eigenvalue weighted by Crippen LogP contribution is 2.28. The van der Waals surface area contributed by atoms with Crippen molar-refractivity contribution in [2.75, 3.05) is 0 Å². The molecule has 0 amide bonds. The number of pyridine rings is 1. The third-order valence-electron chi connectivity index (χ3n) is 1.50. The second kappa shape index (κ2) is 3.97. The van der Waals surface area contributed by atoms with Gasteiger partial charge >= 0.3 is 0 Å². The van der Waals surface area contributed by atoms with Crippen LogP contribution in [0, 0.1) is 0 Å². The number of halogens is 3. The maximum Gasteiger partial charge on any atom is 0.280 e. The largest absolute Gasteiger partial charge is 0.505 e. The summed E-state index contributed by atoms with van der Waals surface area (Å²) in [5.74, 6) is -0.190. The standard InChI is InChI=1S/C7H7BrF2N2O/c8-6-4(13)1-3(2-11)5(12-6)7(9)10/h1,7,13H,2,11H2. The summed E-state index contributed by atoms with van der Waals surface area (Å²) < 4.78 is 24.6. The van der Waals surface area contributed by atoms with Gasteiger partial charge in [0.1, 0.15) is 16.0 Å². The zero-order chi connectivity index (χ0) is 10.0. The third kappa shape index (κ3) is 2.13. The lowest BCUT2D eigenvalue weighted by molar-refractivity contribution is 0.144. The minimum absolute atomic E-state index is 0.000000000000000222. The summed E-state index contributed by atoms with van der Waals surface area (Å²) in [5, 5.41) is 9.13. The average Bonchev–Trinajstić information content (AvgIpc) is 2.08. The molecule has 1 rings (SSSR count). The second-order valence-corrected chi connectivity index (χ2v) is 3.10. The van der Waals surface area contributed by atoms with Gasteiger partial charge in [-0.2, -0.15) is 0 Å². The van der Waals surface area contributed by atoms with E-state index < -0.39 is 12.1 Å². The van der Waals surface area contributed by atoms with Crippen LogP contribution in [-0.4, -0.2) is 10.1 Å². The number of nitrogens with zero attached hydrogens (tertiary/aromatic N) is 1. The van der Waals surface area contributed by atoms with Crippen molar-refractivity contribution in [3.63, 3.8) is 0 Å². The van der Waals surface area contributed by atoms with Crippen LogP contribution in [0.4, 0.5) is 8.78 Å². The Bertz CT molecular complexity index is 320. The van der Waals surface area contributed by atoms with Crippen LogP contribution in [0.5, 0.6) is 5.75 Å². The number of alkyl halides is 2. The van der Waals surface area contributed by atoms with Crippen molar-refractivity contribution in [3.8, 4) is 5.75 Å². The van der Waals surface area contributed by atoms with Gasteiger partial charge in [0.2, 0.25) is 0 Å². The van der Waals surface area contributed by atoms with Gasteiger partial charge in [-0.25, -0.2) is 13.8 Å². The maximum atomic E-state index is 12.3. The summed E-state index contributed by atoms with van der Waals surface area (Å²) in [6, 6.07) is 1.18. The molecule has 1 aromatic heterocycles. The minimum atomic E-state index is -2.68. The molecule has 1 heterocycles. The summed E-state index contributed by atoms with van der Waals surface area (Å²) in [4.78, 5) is 3.48. The fraction of sp³-hybridized carbons (Fsp3) is 0.286. The summed E-state index contributed by atoms with van der Waals surface area (Å²) in [7, 11) is 0. The highest BCUT2D eigenvalue weighted by Gasteiger charge is 2.16. The first-order valence-electron chi connectivity index (χ1n) is 3.42. The molecule has 0 unspecified atom stereocenters. The molecule has 0 aliphatic heterocycles. The Kier molecular flexibility index (Phi) is 3.16. The van der Waals surface area contributed by atoms with Crippen molar-refractivity contribution < 1.29 is 13.9 Å². The van der Waals surface area contributed by atoms with Crippen molar-refractivity contribution >= 4 is 15.9 Å². The van der Waals surface area contributed by atoms with Gasteiger partial charge in [-0.1, -0.05) is 0 Å². The lowest BCUT2D eigenvalue weighted by Crippen LogP contribution is -2.04. The van der Waals surface area contributed by atoms with Crippen LogP contribution in [0.25, 0.3) is 0 Å². The van der Waals surface area contributed by atoms with Gasteiger partial charge in [-0.05, 0) is 27.6 Å². The van der Waals surface area contributed by atoms with Crippen molar-refractivity contribution in [3.05, 3.63) is 21.9 Å². The van der Waals surface area contributed by atoms with Gasteiger partial charge in [-0.15, -0.1) is 0 Å². The Morgan fingerprint density at radius 2 is 2.23 bits per heavy atom. The van der Waals surface area contributed by atoms with Gasteiger partial charge in [0, 0.05) is 6.54 Å². The Morgan fingerprint density at radius 3 is 2.69 bits per heavy atom. The zero-order valence-electron chi connectivity index (χ0n) is 6.47. The molecule has 3 N–H and O–H groups in total. The van der Waals surface area contributed by atoms with E-state index in [9.17, 15) is 8.78 Å². The minimum Gasteiger partial charge on any atom is -0.505 e. The van der Waals surface area contributed by atoms with E-state index in [1.54, 1.807) is 0 Å². The summed E-state index contributed by atoms with van der Waals surface area (Å²) in [6.07, 6.45) is -2.68. The van der Waals surface area contributed by atoms with Gasteiger partial charge in [-0.3, -0.25) is 0 Å². The molecule has 0 saturated heterocycles. The van der Waals surface area contributed by atoms with Gasteiger partial charge < -0.3 is 10.8 Å². The van der Waals surface area contributed by atoms with Crippen LogP contribution in [0.3, 0.4) is 0 Å². The fourth-order valence-corrected chi connectivity index (χ4v) is 1.19. The lowest BCUT2D eigenvalue weighted by atomic mass is 10.2. The van der Waals surface area contributed by atoms with E-state index in [4.69, 9.17) is 10.8 Å². The van der Waals surface area contributed by atoms with E-state index in [0.29, 0.717) is 0 Å². The molecule has 0 fully saturated rings. The van der Waals surface area contributed by atoms with Crippen LogP contribution >= 0.6 is 15.9 Å². The highest BCUT2D eigenvalue weighted by atomic mass is 79.9. The third-order valence-corrected chi connectivity index (χ3v) is 2.08. The van der Waals surface area contributed by atoms with Crippen LogP contribution in [0.15, 0.2) is 10.7 Å². The number of nitrogens with two attached hydrogens (primary N) is 1. The SMILES string of the molecule is NCc1cc(O)c(Br)nc1C(F)F. The second-order valence-electron chi connectivity index (χ2n) is 2.35. The first kappa shape index (κ1) is 10.3. The Balaban J connectivity index is 3.25. The Morgan fingerprint density at radius 1 is 1.62 bits per heavy atom. The molecule has 72 valence electrons. The molecular formula is C7H7BrF2N2O. The van der Waals surface area contributed by atoms with Crippen molar-refractivity contribution in [1.29, 1.82) is 0 Å². The number of aromatic hydroxyl groups is 1. The molecule has 13 heavy (non-hydrogen) atoms. The van der Waals surface area contributed by atoms with E-state index in [1.807, 2.05) is 0 Å². The number of hydrogen-bond acceptors (Lipinski definition) is 3. The van der Waals surface area contributed by atoms with E-state index in [0.717, 1.165) is 0 Å². The van der Waals surface area contributed by atoms with Gasteiger partial charge in [0.25, 0.3) is 6.43 Å². The molecule has 3 nitrogen and oxygen atoms in total. The van der Waals surface area contributed by atoms with E-state index in [2.05, 4.69) is 20.9 Å². The Hall–Kier alpha value is -0.750. The molecule has 0 radical (unpaired) electrons. The topological polar surface area (TPSA) is 59.1 Å². The predicted molar refractivity (Wildman–Crippen MR) is 46.5 cm³/mol. The molecule has 0 aromatic carbocycles. The highest BCUT2D eigenvalue weighted by molar-refractivity contribution is 9.10. The van der Waals surface area contributed by atoms with E-state index >= 15 is 0 Å². The van der Waals surface area contributed by atoms with Crippen LogP contribution in [0.2, 0.25) is 0 Å². The first-order chi connectivity index (χ1) is 6.06. The van der Waals surface area contributed by atoms with Gasteiger partial charge in [0.15, 0.2) is 0 Å². The van der Waals surface area contributed by atoms with Crippen LogP contribution in [-0.2, 0) is 6.54 Å². The van der Waals surface area contributed by atoms with Gasteiger partial charge in [0.05, 0.1) is 0 Å². The summed E-state index contributed by atoms with van der Waals surface area (Å²) in [6.45, 7) is -0.0759. The number of rotatable bonds is 2. The molecule has 0 spiro atoms. The smallest absolute Gasteiger partial charge is 0.280 e. The molecular weight excluding hydrogens is 246 g/mol. The van der Waals surface area contributed by atoms with Crippen molar-refractivity contribution in [2.45, 2.75) is 13.0 Å². The average molecular weight is 253 g/mol. The lowest BCUT2D eigenvalue weighted by Gasteiger charge is -2.07. The quantitative estimate of drug-likeness (QED) is 0.792. The maximum absolute atomic E-state index is 12.3. The van der Waals surface area contributed by atoms with Crippen molar-refractivity contribution in [2.24, 2.45) is 5.73 Å². The number of aromatic nitrogens is 1.